The number of esters is 2. The Morgan fingerprint density at radius 1 is 1.11 bits per heavy atom. The van der Waals surface area contributed by atoms with Gasteiger partial charge in [-0.15, -0.1) is 0 Å². The number of methoxy groups -OCH3 is 1. The minimum Gasteiger partial charge on any atom is -0.468 e. The molecule has 0 radical (unpaired) electrons. The molecule has 0 N–H and O–H groups in total. The van der Waals surface area contributed by atoms with Crippen molar-refractivity contribution in [2.75, 3.05) is 13.7 Å². The lowest BCUT2D eigenvalue weighted by molar-refractivity contribution is -0.177. The average molecular weight is 256 g/mol. The number of hydrogen-bond acceptors (Lipinski definition) is 4. The van der Waals surface area contributed by atoms with Gasteiger partial charge in [-0.05, 0) is 32.1 Å². The summed E-state index contributed by atoms with van der Waals surface area (Å²) < 4.78 is 10.0. The highest BCUT2D eigenvalue weighted by molar-refractivity contribution is 6.00. The quantitative estimate of drug-likeness (QED) is 0.560. The smallest absolute Gasteiger partial charge is 0.323 e. The highest BCUT2D eigenvalue weighted by atomic mass is 16.6. The van der Waals surface area contributed by atoms with Crippen molar-refractivity contribution >= 4 is 11.9 Å². The molecule has 1 unspecified atom stereocenters. The van der Waals surface area contributed by atoms with Gasteiger partial charge in [-0.25, -0.2) is 0 Å². The minimum absolute atomic E-state index is 0.0581. The molecule has 1 atom stereocenters. The maximum absolute atomic E-state index is 12.3. The standard InChI is InChI=1S/C14H24O4/c1-4-14(12(15)17-3,13(16)18-5-2)11-9-7-6-8-10-11/h11H,4-10H2,1-3H3. The van der Waals surface area contributed by atoms with Gasteiger partial charge in [-0.3, -0.25) is 9.59 Å². The first-order valence-corrected chi connectivity index (χ1v) is 6.89. The van der Waals surface area contributed by atoms with Gasteiger partial charge in [-0.2, -0.15) is 0 Å². The second-order valence-electron chi connectivity index (χ2n) is 4.87. The molecule has 1 aliphatic rings. The molecule has 0 amide bonds. The summed E-state index contributed by atoms with van der Waals surface area (Å²) in [6, 6.07) is 0. The molecule has 1 rings (SSSR count). The van der Waals surface area contributed by atoms with E-state index in [9.17, 15) is 9.59 Å². The van der Waals surface area contributed by atoms with Crippen LogP contribution < -0.4 is 0 Å². The number of carbonyl (C=O) groups is 2. The molecular formula is C14H24O4. The van der Waals surface area contributed by atoms with Crippen LogP contribution in [0.15, 0.2) is 0 Å². The van der Waals surface area contributed by atoms with Gasteiger partial charge < -0.3 is 9.47 Å². The molecule has 1 saturated carbocycles. The predicted octanol–water partition coefficient (Wildman–Crippen LogP) is 2.70. The summed E-state index contributed by atoms with van der Waals surface area (Å²) in [5.74, 6) is -0.788. The van der Waals surface area contributed by atoms with Crippen molar-refractivity contribution in [2.45, 2.75) is 52.4 Å². The molecule has 18 heavy (non-hydrogen) atoms. The van der Waals surface area contributed by atoms with Crippen molar-refractivity contribution in [3.05, 3.63) is 0 Å². The van der Waals surface area contributed by atoms with E-state index in [0.29, 0.717) is 13.0 Å². The number of rotatable bonds is 5. The first kappa shape index (κ1) is 15.0. The molecule has 0 aromatic carbocycles. The Morgan fingerprint density at radius 2 is 1.72 bits per heavy atom. The van der Waals surface area contributed by atoms with E-state index in [4.69, 9.17) is 9.47 Å². The Kier molecular flexibility index (Phi) is 5.63. The van der Waals surface area contributed by atoms with Crippen molar-refractivity contribution in [2.24, 2.45) is 11.3 Å². The minimum atomic E-state index is -1.09. The normalized spacial score (nSPS) is 19.9. The summed E-state index contributed by atoms with van der Waals surface area (Å²) in [5.41, 5.74) is -1.09. The zero-order valence-electron chi connectivity index (χ0n) is 11.7. The maximum atomic E-state index is 12.3. The van der Waals surface area contributed by atoms with E-state index in [0.717, 1.165) is 25.7 Å². The van der Waals surface area contributed by atoms with Crippen LogP contribution in [0.4, 0.5) is 0 Å². The van der Waals surface area contributed by atoms with Crippen molar-refractivity contribution in [1.82, 2.24) is 0 Å². The van der Waals surface area contributed by atoms with Crippen LogP contribution in [-0.4, -0.2) is 25.7 Å². The Hall–Kier alpha value is -1.06. The lowest BCUT2D eigenvalue weighted by Gasteiger charge is -2.37. The van der Waals surface area contributed by atoms with Crippen LogP contribution in [0, 0.1) is 11.3 Å². The molecule has 0 aliphatic heterocycles. The fraction of sp³-hybridized carbons (Fsp3) is 0.857. The van der Waals surface area contributed by atoms with E-state index in [1.807, 2.05) is 6.92 Å². The van der Waals surface area contributed by atoms with Gasteiger partial charge in [0.05, 0.1) is 13.7 Å². The summed E-state index contributed by atoms with van der Waals surface area (Å²) in [7, 11) is 1.34. The van der Waals surface area contributed by atoms with Gasteiger partial charge >= 0.3 is 11.9 Å². The summed E-state index contributed by atoms with van der Waals surface area (Å²) in [5, 5.41) is 0. The molecule has 0 heterocycles. The van der Waals surface area contributed by atoms with Gasteiger partial charge in [0.15, 0.2) is 5.41 Å². The van der Waals surface area contributed by atoms with E-state index in [2.05, 4.69) is 0 Å². The topological polar surface area (TPSA) is 52.6 Å². The molecule has 104 valence electrons. The fourth-order valence-electron chi connectivity index (χ4n) is 3.03. The van der Waals surface area contributed by atoms with E-state index in [-0.39, 0.29) is 5.92 Å². The number of carbonyl (C=O) groups excluding carboxylic acids is 2. The molecular weight excluding hydrogens is 232 g/mol. The maximum Gasteiger partial charge on any atom is 0.323 e. The molecule has 0 bridgehead atoms. The largest absolute Gasteiger partial charge is 0.468 e. The van der Waals surface area contributed by atoms with Crippen LogP contribution in [0.25, 0.3) is 0 Å². The third-order valence-corrected chi connectivity index (χ3v) is 4.05. The van der Waals surface area contributed by atoms with Gasteiger partial charge in [0.2, 0.25) is 0 Å². The number of ether oxygens (including phenoxy) is 2. The lowest BCUT2D eigenvalue weighted by atomic mass is 9.67. The van der Waals surface area contributed by atoms with Crippen LogP contribution in [-0.2, 0) is 19.1 Å². The second-order valence-corrected chi connectivity index (χ2v) is 4.87. The predicted molar refractivity (Wildman–Crippen MR) is 67.9 cm³/mol. The van der Waals surface area contributed by atoms with E-state index in [1.54, 1.807) is 6.92 Å². The monoisotopic (exact) mass is 256 g/mol. The molecule has 0 spiro atoms. The number of hydrogen-bond donors (Lipinski definition) is 0. The molecule has 0 aromatic heterocycles. The highest BCUT2D eigenvalue weighted by Crippen LogP contribution is 2.43. The molecule has 1 aliphatic carbocycles. The van der Waals surface area contributed by atoms with Crippen LogP contribution in [0.1, 0.15) is 52.4 Å². The van der Waals surface area contributed by atoms with Crippen LogP contribution >= 0.6 is 0 Å². The zero-order valence-corrected chi connectivity index (χ0v) is 11.7. The van der Waals surface area contributed by atoms with Crippen LogP contribution in [0.5, 0.6) is 0 Å². The van der Waals surface area contributed by atoms with Crippen molar-refractivity contribution in [3.8, 4) is 0 Å². The van der Waals surface area contributed by atoms with E-state index in [1.165, 1.54) is 13.5 Å². The summed E-state index contributed by atoms with van der Waals surface area (Å²) in [4.78, 5) is 24.4. The Labute approximate surface area is 109 Å². The van der Waals surface area contributed by atoms with Gasteiger partial charge in [0.25, 0.3) is 0 Å². The molecule has 1 fully saturated rings. The zero-order chi connectivity index (χ0) is 13.6. The lowest BCUT2D eigenvalue weighted by Crippen LogP contribution is -2.47. The van der Waals surface area contributed by atoms with Gasteiger partial charge in [0, 0.05) is 0 Å². The Bertz CT molecular complexity index is 294. The summed E-state index contributed by atoms with van der Waals surface area (Å²) in [6.07, 6.45) is 5.58. The fourth-order valence-corrected chi connectivity index (χ4v) is 3.03. The second kappa shape index (κ2) is 6.76. The third kappa shape index (κ3) is 2.68. The Balaban J connectivity index is 3.03. The molecule has 4 nitrogen and oxygen atoms in total. The van der Waals surface area contributed by atoms with Crippen molar-refractivity contribution in [1.29, 1.82) is 0 Å². The van der Waals surface area contributed by atoms with Crippen LogP contribution in [0.2, 0.25) is 0 Å². The first-order valence-electron chi connectivity index (χ1n) is 6.89. The summed E-state index contributed by atoms with van der Waals surface area (Å²) in [6.45, 7) is 3.92. The van der Waals surface area contributed by atoms with Crippen LogP contribution in [0.3, 0.4) is 0 Å². The van der Waals surface area contributed by atoms with E-state index < -0.39 is 17.4 Å². The molecule has 4 heteroatoms. The van der Waals surface area contributed by atoms with Crippen molar-refractivity contribution in [3.63, 3.8) is 0 Å². The van der Waals surface area contributed by atoms with Gasteiger partial charge in [-0.1, -0.05) is 26.2 Å². The molecule has 0 aromatic rings. The van der Waals surface area contributed by atoms with Gasteiger partial charge in [0.1, 0.15) is 0 Å². The summed E-state index contributed by atoms with van der Waals surface area (Å²) >= 11 is 0. The highest BCUT2D eigenvalue weighted by Gasteiger charge is 2.53. The SMILES string of the molecule is CCOC(=O)C(CC)(C(=O)OC)C1CCCCC1. The first-order chi connectivity index (χ1) is 8.63. The Morgan fingerprint density at radius 3 is 2.17 bits per heavy atom. The van der Waals surface area contributed by atoms with Crippen molar-refractivity contribution < 1.29 is 19.1 Å². The third-order valence-electron chi connectivity index (χ3n) is 4.05. The average Bonchev–Trinajstić information content (AvgIpc) is 2.41. The molecule has 0 saturated heterocycles. The van der Waals surface area contributed by atoms with E-state index >= 15 is 0 Å².